The van der Waals surface area contributed by atoms with Crippen LogP contribution in [0.25, 0.3) is 0 Å². The van der Waals surface area contributed by atoms with E-state index < -0.39 is 62.0 Å². The van der Waals surface area contributed by atoms with Gasteiger partial charge >= 0.3 is 5.69 Å². The predicted molar refractivity (Wildman–Crippen MR) is 170 cm³/mol. The number of nitrogens with one attached hydrogen (secondary N) is 1. The van der Waals surface area contributed by atoms with Gasteiger partial charge in [-0.15, -0.1) is 0 Å². The molecule has 3 rings (SSSR count). The quantitative estimate of drug-likeness (QED) is 0.314. The second-order valence-corrected chi connectivity index (χ2v) is 25.6. The Morgan fingerprint density at radius 2 is 1.65 bits per heavy atom. The Kier molecular flexibility index (Phi) is 9.62. The van der Waals surface area contributed by atoms with E-state index in [9.17, 15) is 28.5 Å². The molecular formula is C28H49N3O9SSi2. The number of hydrogen-bond acceptors (Lipinski definition) is 10. The van der Waals surface area contributed by atoms with Crippen LogP contribution in [0.3, 0.4) is 0 Å². The molecule has 244 valence electrons. The minimum Gasteiger partial charge on any atom is -0.414 e. The Bertz CT molecular complexity index is 1520. The number of rotatable bonds is 8. The molecule has 0 bridgehead atoms. The van der Waals surface area contributed by atoms with Crippen LogP contribution in [0.15, 0.2) is 26.8 Å². The van der Waals surface area contributed by atoms with Crippen LogP contribution in [-0.4, -0.2) is 76.0 Å². The summed E-state index contributed by atoms with van der Waals surface area (Å²) in [6, 6.07) is 0. The number of aryl methyl sites for hydroxylation is 1. The van der Waals surface area contributed by atoms with Gasteiger partial charge < -0.3 is 24.1 Å². The van der Waals surface area contributed by atoms with Crippen LogP contribution in [0.2, 0.25) is 36.3 Å². The molecular weight excluding hydrogens is 611 g/mol. The molecule has 1 aromatic rings. The zero-order valence-electron chi connectivity index (χ0n) is 27.5. The Morgan fingerprint density at radius 3 is 2.16 bits per heavy atom. The molecule has 0 aliphatic carbocycles. The van der Waals surface area contributed by atoms with E-state index in [-0.39, 0.29) is 45.9 Å². The van der Waals surface area contributed by atoms with Crippen molar-refractivity contribution in [1.29, 1.82) is 5.41 Å². The molecule has 4 unspecified atom stereocenters. The summed E-state index contributed by atoms with van der Waals surface area (Å²) >= 11 is 0. The lowest BCUT2D eigenvalue weighted by atomic mass is 9.86. The fourth-order valence-corrected chi connectivity index (χ4v) is 8.42. The van der Waals surface area contributed by atoms with Gasteiger partial charge in [0.25, 0.3) is 15.7 Å². The summed E-state index contributed by atoms with van der Waals surface area (Å²) in [7, 11) is -8.31. The van der Waals surface area contributed by atoms with Crippen LogP contribution in [0.4, 0.5) is 0 Å². The fourth-order valence-electron chi connectivity index (χ4n) is 4.67. The van der Waals surface area contributed by atoms with E-state index in [1.165, 1.54) is 23.9 Å². The molecule has 2 fully saturated rings. The summed E-state index contributed by atoms with van der Waals surface area (Å²) in [5.41, 5.74) is -3.29. The van der Waals surface area contributed by atoms with E-state index in [1.54, 1.807) is 6.92 Å². The number of ether oxygens (including phenoxy) is 1. The van der Waals surface area contributed by atoms with Crippen molar-refractivity contribution in [2.75, 3.05) is 13.2 Å². The molecule has 2 aliphatic heterocycles. The molecule has 2 saturated heterocycles. The molecule has 43 heavy (non-hydrogen) atoms. The Morgan fingerprint density at radius 1 is 1.09 bits per heavy atom. The van der Waals surface area contributed by atoms with Gasteiger partial charge in [0.1, 0.15) is 17.1 Å². The van der Waals surface area contributed by atoms with Crippen LogP contribution in [0.1, 0.15) is 59.8 Å². The van der Waals surface area contributed by atoms with E-state index in [1.807, 2.05) is 47.0 Å². The van der Waals surface area contributed by atoms with Gasteiger partial charge in [0.2, 0.25) is 0 Å². The summed E-state index contributed by atoms with van der Waals surface area (Å²) in [5, 5.41) is 18.2. The van der Waals surface area contributed by atoms with Gasteiger partial charge in [-0.25, -0.2) is 8.98 Å². The van der Waals surface area contributed by atoms with Crippen molar-refractivity contribution in [1.82, 2.24) is 9.13 Å². The van der Waals surface area contributed by atoms with Crippen LogP contribution in [-0.2, 0) is 34.9 Å². The van der Waals surface area contributed by atoms with Gasteiger partial charge in [-0.05, 0) is 49.6 Å². The molecule has 0 saturated carbocycles. The lowest BCUT2D eigenvalue weighted by molar-refractivity contribution is -0.0533. The lowest BCUT2D eigenvalue weighted by Crippen LogP contribution is -2.60. The van der Waals surface area contributed by atoms with Crippen molar-refractivity contribution in [3.8, 4) is 0 Å². The third-order valence-corrected chi connectivity index (χ3v) is 19.8. The molecule has 2 aliphatic rings. The zero-order valence-corrected chi connectivity index (χ0v) is 30.3. The topological polar surface area (TPSA) is 159 Å². The minimum absolute atomic E-state index is 0.0149. The van der Waals surface area contributed by atoms with Crippen LogP contribution in [0, 0.1) is 12.3 Å². The van der Waals surface area contributed by atoms with Gasteiger partial charge in [-0.3, -0.25) is 13.9 Å². The molecule has 15 heteroatoms. The maximum absolute atomic E-state index is 13.6. The number of aromatic nitrogens is 2. The first-order valence-corrected chi connectivity index (χ1v) is 21.7. The summed E-state index contributed by atoms with van der Waals surface area (Å²) < 4.78 is 55.2. The first-order valence-electron chi connectivity index (χ1n) is 14.5. The summed E-state index contributed by atoms with van der Waals surface area (Å²) in [6.07, 6.45) is -1.09. The van der Waals surface area contributed by atoms with E-state index in [0.29, 0.717) is 0 Å². The SMILES string of the molecule is Cc1cn(C2OC(CO[Si](C)(C)C(C)(C)C)C3(OS(=O)(=O)/C(=C/CCO)C3=N)C2O[Si](C)(C)C(C)(C)C)c(=O)n(C)c1=O. The third kappa shape index (κ3) is 6.23. The van der Waals surface area contributed by atoms with E-state index in [0.717, 1.165) is 4.57 Å². The standard InChI is InChI=1S/C28H49N3O9SSi2/c1-18-16-31(25(34)30(8)23(18)33)24-22(39-43(11,12)27(5,6)7)28(20(38-24)17-37-42(9,10)26(2,3)4)21(29)19(14-13-15-32)41(35,36)40-28/h14,16,20,22,24,29,32H,13,15,17H2,1-12H3/b19-14+,29-21?. The first-order chi connectivity index (χ1) is 19.4. The summed E-state index contributed by atoms with van der Waals surface area (Å²) in [6.45, 7) is 21.4. The van der Waals surface area contributed by atoms with Crippen LogP contribution >= 0.6 is 0 Å². The van der Waals surface area contributed by atoms with E-state index in [2.05, 4.69) is 20.8 Å². The second-order valence-electron chi connectivity index (χ2n) is 14.5. The molecule has 12 nitrogen and oxygen atoms in total. The first kappa shape index (κ1) is 35.7. The van der Waals surface area contributed by atoms with Crippen molar-refractivity contribution < 1.29 is 31.3 Å². The molecule has 1 spiro atoms. The summed E-state index contributed by atoms with van der Waals surface area (Å²) in [4.78, 5) is 25.8. The lowest BCUT2D eigenvalue weighted by Gasteiger charge is -2.43. The Balaban J connectivity index is 2.36. The maximum atomic E-state index is 13.6. The highest BCUT2D eigenvalue weighted by molar-refractivity contribution is 7.92. The Labute approximate surface area is 256 Å². The van der Waals surface area contributed by atoms with Crippen LogP contribution in [0.5, 0.6) is 0 Å². The highest BCUT2D eigenvalue weighted by Gasteiger charge is 2.70. The molecule has 0 radical (unpaired) electrons. The number of hydrogen-bond donors (Lipinski definition) is 2. The van der Waals surface area contributed by atoms with Crippen LogP contribution < -0.4 is 11.2 Å². The smallest absolute Gasteiger partial charge is 0.332 e. The monoisotopic (exact) mass is 659 g/mol. The van der Waals surface area contributed by atoms with Crippen molar-refractivity contribution in [2.45, 2.75) is 115 Å². The average molecular weight is 660 g/mol. The molecule has 4 atom stereocenters. The van der Waals surface area contributed by atoms with Gasteiger partial charge in [0.05, 0.1) is 12.3 Å². The molecule has 3 heterocycles. The maximum Gasteiger partial charge on any atom is 0.332 e. The second kappa shape index (κ2) is 11.6. The van der Waals surface area contributed by atoms with Crippen molar-refractivity contribution in [3.63, 3.8) is 0 Å². The number of aliphatic hydroxyl groups excluding tert-OH is 1. The Hall–Kier alpha value is -1.73. The molecule has 1 aromatic heterocycles. The zero-order chi connectivity index (χ0) is 33.1. The number of nitrogens with zero attached hydrogens (tertiary/aromatic N) is 2. The highest BCUT2D eigenvalue weighted by Crippen LogP contribution is 2.52. The molecule has 0 aromatic carbocycles. The summed E-state index contributed by atoms with van der Waals surface area (Å²) in [5.74, 6) is 0. The highest BCUT2D eigenvalue weighted by atomic mass is 32.2. The van der Waals surface area contributed by atoms with Crippen molar-refractivity contribution in [2.24, 2.45) is 7.05 Å². The van der Waals surface area contributed by atoms with Gasteiger partial charge in [-0.1, -0.05) is 47.6 Å². The van der Waals surface area contributed by atoms with Gasteiger partial charge in [-0.2, -0.15) is 8.42 Å². The predicted octanol–water partition coefficient (Wildman–Crippen LogP) is 3.55. The van der Waals surface area contributed by atoms with Gasteiger partial charge in [0.15, 0.2) is 28.5 Å². The van der Waals surface area contributed by atoms with Gasteiger partial charge in [0, 0.05) is 25.4 Å². The molecule has 2 N–H and O–H groups in total. The van der Waals surface area contributed by atoms with E-state index >= 15 is 0 Å². The number of aliphatic hydroxyl groups is 1. The molecule has 0 amide bonds. The van der Waals surface area contributed by atoms with Crippen molar-refractivity contribution >= 4 is 32.5 Å². The largest absolute Gasteiger partial charge is 0.414 e. The normalized spacial score (nSPS) is 27.5. The fraction of sp³-hybridized carbons (Fsp3) is 0.750. The average Bonchev–Trinajstić information content (AvgIpc) is 3.25. The minimum atomic E-state index is -4.48. The van der Waals surface area contributed by atoms with Crippen molar-refractivity contribution in [3.05, 3.63) is 43.6 Å². The third-order valence-electron chi connectivity index (χ3n) is 9.46. The van der Waals surface area contributed by atoms with E-state index in [4.69, 9.17) is 17.8 Å².